The lowest BCUT2D eigenvalue weighted by Gasteiger charge is -2.21. The van der Waals surface area contributed by atoms with Gasteiger partial charge in [0.05, 0.1) is 17.2 Å². The summed E-state index contributed by atoms with van der Waals surface area (Å²) in [6.07, 6.45) is 0.693. The van der Waals surface area contributed by atoms with Crippen LogP contribution < -0.4 is 4.72 Å². The van der Waals surface area contributed by atoms with Crippen LogP contribution in [0.25, 0.3) is 27.4 Å². The van der Waals surface area contributed by atoms with E-state index < -0.39 is 10.0 Å². The van der Waals surface area contributed by atoms with E-state index in [2.05, 4.69) is 28.8 Å². The van der Waals surface area contributed by atoms with Gasteiger partial charge in [0.2, 0.25) is 0 Å². The van der Waals surface area contributed by atoms with Crippen molar-refractivity contribution in [3.8, 4) is 0 Å². The molecular weight excluding hydrogens is 424 g/mol. The maximum Gasteiger partial charge on any atom is 0.265 e. The van der Waals surface area contributed by atoms with Crippen LogP contribution in [0.2, 0.25) is 0 Å². The highest BCUT2D eigenvalue weighted by atomic mass is 32.2. The molecule has 9 nitrogen and oxygen atoms in total. The summed E-state index contributed by atoms with van der Waals surface area (Å²) >= 11 is 0.961. The molecule has 0 unspecified atom stereocenters. The van der Waals surface area contributed by atoms with Crippen molar-refractivity contribution < 1.29 is 13.2 Å². The molecule has 30 heavy (non-hydrogen) atoms. The number of nitrogens with one attached hydrogen (secondary N) is 1. The van der Waals surface area contributed by atoms with Crippen molar-refractivity contribution in [2.75, 3.05) is 24.5 Å². The molecule has 0 aliphatic carbocycles. The van der Waals surface area contributed by atoms with Crippen LogP contribution in [0, 0.1) is 0 Å². The Balaban J connectivity index is 1.67. The van der Waals surface area contributed by atoms with Gasteiger partial charge < -0.3 is 15.0 Å². The van der Waals surface area contributed by atoms with Gasteiger partial charge in [0.1, 0.15) is 21.7 Å². The summed E-state index contributed by atoms with van der Waals surface area (Å²) in [6, 6.07) is 12.1. The fourth-order valence-corrected chi connectivity index (χ4v) is 4.62. The number of ether oxygens (including phenoxy) is 1. The van der Waals surface area contributed by atoms with Gasteiger partial charge in [0.15, 0.2) is 0 Å². The lowest BCUT2D eigenvalue weighted by atomic mass is 10.3. The number of fused-ring (bicyclic) bond motifs is 2. The predicted octanol–water partition coefficient (Wildman–Crippen LogP) is 3.87. The van der Waals surface area contributed by atoms with Crippen LogP contribution in [-0.4, -0.2) is 46.9 Å². The van der Waals surface area contributed by atoms with E-state index in [0.717, 1.165) is 11.7 Å². The molecule has 4 rings (SSSR count). The fraction of sp³-hybridized carbons (Fsp3) is 0.263. The van der Waals surface area contributed by atoms with E-state index in [4.69, 9.17) is 4.74 Å². The summed E-state index contributed by atoms with van der Waals surface area (Å²) in [5.41, 5.74) is 2.04. The van der Waals surface area contributed by atoms with E-state index in [0.29, 0.717) is 48.2 Å². The molecule has 156 valence electrons. The van der Waals surface area contributed by atoms with Crippen LogP contribution in [0.3, 0.4) is 0 Å². The average molecular weight is 444 g/mol. The largest absolute Gasteiger partial charge is 0.462 e. The second-order valence-electron chi connectivity index (χ2n) is 6.31. The summed E-state index contributed by atoms with van der Waals surface area (Å²) in [5, 5.41) is 4.45. The van der Waals surface area contributed by atoms with Crippen molar-refractivity contribution in [1.82, 2.24) is 18.7 Å². The predicted molar refractivity (Wildman–Crippen MR) is 117 cm³/mol. The van der Waals surface area contributed by atoms with Crippen LogP contribution in [0.1, 0.15) is 13.3 Å². The number of benzene rings is 2. The summed E-state index contributed by atoms with van der Waals surface area (Å²) in [6.45, 7) is 3.57. The van der Waals surface area contributed by atoms with Crippen molar-refractivity contribution >= 4 is 55.5 Å². The van der Waals surface area contributed by atoms with Crippen molar-refractivity contribution in [2.45, 2.75) is 18.2 Å². The molecule has 0 radical (unpaired) electrons. The zero-order chi connectivity index (χ0) is 21.0. The molecule has 0 bridgehead atoms. The van der Waals surface area contributed by atoms with Crippen LogP contribution in [0.15, 0.2) is 47.4 Å². The molecule has 0 saturated carbocycles. The Hall–Kier alpha value is -2.89. The molecule has 0 aliphatic heterocycles. The van der Waals surface area contributed by atoms with Crippen LogP contribution in [0.5, 0.6) is 0 Å². The molecule has 0 saturated heterocycles. The van der Waals surface area contributed by atoms with E-state index in [9.17, 15) is 8.42 Å². The molecule has 2 heterocycles. The summed E-state index contributed by atoms with van der Waals surface area (Å²) in [5.74, 6) is 0.308. The normalized spacial score (nSPS) is 11.8. The van der Waals surface area contributed by atoms with Gasteiger partial charge in [-0.25, -0.2) is 13.4 Å². The smallest absolute Gasteiger partial charge is 0.265 e. The topological polar surface area (TPSA) is 121 Å². The molecule has 2 aromatic heterocycles. The zero-order valence-corrected chi connectivity index (χ0v) is 17.8. The number of rotatable bonds is 9. The van der Waals surface area contributed by atoms with E-state index in [1.165, 1.54) is 6.07 Å². The number of hydrogen-bond donors (Lipinski definition) is 1. The number of para-hydroxylation sites is 2. The first-order chi connectivity index (χ1) is 14.6. The number of hydrogen-bond acceptors (Lipinski definition) is 8. The van der Waals surface area contributed by atoms with Crippen molar-refractivity contribution in [3.63, 3.8) is 0 Å². The summed E-state index contributed by atoms with van der Waals surface area (Å²) in [4.78, 5) is 8.99. The number of sulfonamides is 1. The van der Waals surface area contributed by atoms with Crippen LogP contribution in [-0.2, 0) is 14.8 Å². The van der Waals surface area contributed by atoms with Gasteiger partial charge in [0, 0.05) is 13.2 Å². The maximum absolute atomic E-state index is 13.1. The molecule has 0 spiro atoms. The fourth-order valence-electron chi connectivity index (χ4n) is 2.85. The molecule has 4 aromatic rings. The number of aromatic nitrogens is 4. The molecule has 0 amide bonds. The minimum absolute atomic E-state index is 0.0333. The van der Waals surface area contributed by atoms with Gasteiger partial charge in [-0.2, -0.15) is 8.75 Å². The second kappa shape index (κ2) is 8.86. The molecule has 0 fully saturated rings. The van der Waals surface area contributed by atoms with Crippen molar-refractivity contribution in [3.05, 3.63) is 47.8 Å². The standard InChI is InChI=1S/C19H19N6O3S2/c1-2-28-12-6-11-20-18-19(22-14-8-4-3-7-13(14)21-18)25-30(26,27)16-10-5-9-15-17(16)24-29-23-15/h3-5,7-10H,2,6,11-12H2,1H3,(H-,20,21,22,25)/q-1. The van der Waals surface area contributed by atoms with E-state index in [1.807, 2.05) is 25.1 Å². The lowest BCUT2D eigenvalue weighted by Crippen LogP contribution is -2.15. The van der Waals surface area contributed by atoms with Crippen LogP contribution in [0.4, 0.5) is 11.6 Å². The first-order valence-electron chi connectivity index (χ1n) is 9.34. The average Bonchev–Trinajstić information content (AvgIpc) is 3.22. The van der Waals surface area contributed by atoms with Crippen molar-refractivity contribution in [2.24, 2.45) is 0 Å². The number of nitrogens with zero attached hydrogens (tertiary/aromatic N) is 5. The Morgan fingerprint density at radius 2 is 1.80 bits per heavy atom. The van der Waals surface area contributed by atoms with Gasteiger partial charge >= 0.3 is 0 Å². The third kappa shape index (κ3) is 4.32. The van der Waals surface area contributed by atoms with Gasteiger partial charge in [0.25, 0.3) is 10.0 Å². The van der Waals surface area contributed by atoms with E-state index >= 15 is 0 Å². The monoisotopic (exact) mass is 443 g/mol. The molecule has 1 N–H and O–H groups in total. The maximum atomic E-state index is 13.1. The minimum atomic E-state index is -3.97. The van der Waals surface area contributed by atoms with Gasteiger partial charge in [-0.05, 0) is 49.4 Å². The lowest BCUT2D eigenvalue weighted by molar-refractivity contribution is 0.147. The summed E-state index contributed by atoms with van der Waals surface area (Å²) in [7, 11) is -3.97. The van der Waals surface area contributed by atoms with Crippen LogP contribution >= 0.6 is 11.7 Å². The third-order valence-electron chi connectivity index (χ3n) is 4.23. The first kappa shape index (κ1) is 20.4. The molecule has 0 aliphatic rings. The van der Waals surface area contributed by atoms with Crippen molar-refractivity contribution in [1.29, 1.82) is 0 Å². The van der Waals surface area contributed by atoms with Gasteiger partial charge in [-0.1, -0.05) is 24.3 Å². The highest BCUT2D eigenvalue weighted by molar-refractivity contribution is 7.93. The number of anilines is 1. The SMILES string of the molecule is CCOCCC[N-]c1nc2ccccc2nc1NS(=O)(=O)c1cccc2nsnc12. The van der Waals surface area contributed by atoms with Gasteiger partial charge in [-0.15, -0.1) is 0 Å². The molecular formula is C19H19N6O3S2-. The molecule has 2 aromatic carbocycles. The summed E-state index contributed by atoms with van der Waals surface area (Å²) < 4.78 is 42.3. The quantitative estimate of drug-likeness (QED) is 0.390. The first-order valence-corrected chi connectivity index (χ1v) is 11.6. The van der Waals surface area contributed by atoms with Gasteiger partial charge in [-0.3, -0.25) is 4.72 Å². The second-order valence-corrected chi connectivity index (χ2v) is 8.49. The Morgan fingerprint density at radius 3 is 2.60 bits per heavy atom. The highest BCUT2D eigenvalue weighted by Gasteiger charge is 2.21. The Morgan fingerprint density at radius 1 is 1.03 bits per heavy atom. The zero-order valence-electron chi connectivity index (χ0n) is 16.1. The third-order valence-corrected chi connectivity index (χ3v) is 6.15. The molecule has 11 heteroatoms. The van der Waals surface area contributed by atoms with E-state index in [-0.39, 0.29) is 16.5 Å². The Kier molecular flexibility index (Phi) is 6.02. The Labute approximate surface area is 177 Å². The Bertz CT molecular complexity index is 1280. The van der Waals surface area contributed by atoms with E-state index in [1.54, 1.807) is 18.2 Å². The molecule has 0 atom stereocenters. The highest BCUT2D eigenvalue weighted by Crippen LogP contribution is 2.30. The minimum Gasteiger partial charge on any atom is -0.462 e.